The minimum Gasteiger partial charge on any atom is -0.479 e. The van der Waals surface area contributed by atoms with E-state index in [1.807, 2.05) is 24.3 Å². The van der Waals surface area contributed by atoms with Gasteiger partial charge in [0.1, 0.15) is 0 Å². The molecule has 1 aromatic heterocycles. The molecular formula is C10H8O3S. The second-order valence-electron chi connectivity index (χ2n) is 2.93. The molecule has 0 aliphatic carbocycles. The van der Waals surface area contributed by atoms with Crippen LogP contribution in [0.4, 0.5) is 0 Å². The fourth-order valence-electron chi connectivity index (χ4n) is 1.26. The summed E-state index contributed by atoms with van der Waals surface area (Å²) in [5, 5.41) is 18.9. The van der Waals surface area contributed by atoms with Gasteiger partial charge in [-0.3, -0.25) is 0 Å². The maximum absolute atomic E-state index is 10.5. The summed E-state index contributed by atoms with van der Waals surface area (Å²) in [5.41, 5.74) is 0. The number of rotatable bonds is 2. The van der Waals surface area contributed by atoms with Crippen molar-refractivity contribution in [3.05, 3.63) is 35.2 Å². The number of hydrogen-bond acceptors (Lipinski definition) is 3. The van der Waals surface area contributed by atoms with E-state index in [-0.39, 0.29) is 0 Å². The molecule has 0 amide bonds. The van der Waals surface area contributed by atoms with Crippen molar-refractivity contribution in [2.24, 2.45) is 0 Å². The maximum Gasteiger partial charge on any atom is 0.338 e. The number of benzene rings is 1. The molecule has 1 atom stereocenters. The summed E-state index contributed by atoms with van der Waals surface area (Å²) in [6, 6.07) is 9.27. The summed E-state index contributed by atoms with van der Waals surface area (Å²) in [4.78, 5) is 11.0. The molecule has 14 heavy (non-hydrogen) atoms. The number of aliphatic carboxylic acids is 1. The van der Waals surface area contributed by atoms with Crippen molar-refractivity contribution in [3.63, 3.8) is 0 Å². The first kappa shape index (κ1) is 9.18. The minimum absolute atomic E-state index is 0.471. The third-order valence-electron chi connectivity index (χ3n) is 1.95. The van der Waals surface area contributed by atoms with Gasteiger partial charge in [-0.1, -0.05) is 18.2 Å². The normalized spacial score (nSPS) is 12.9. The Bertz CT molecular complexity index is 442. The van der Waals surface area contributed by atoms with Crippen LogP contribution in [0, 0.1) is 0 Å². The third-order valence-corrected chi connectivity index (χ3v) is 3.12. The molecule has 4 heteroatoms. The highest BCUT2D eigenvalue weighted by molar-refractivity contribution is 7.19. The fourth-order valence-corrected chi connectivity index (χ4v) is 2.30. The van der Waals surface area contributed by atoms with Gasteiger partial charge in [0.15, 0.2) is 6.10 Å². The van der Waals surface area contributed by atoms with E-state index in [1.165, 1.54) is 11.3 Å². The largest absolute Gasteiger partial charge is 0.479 e. The van der Waals surface area contributed by atoms with E-state index in [4.69, 9.17) is 5.11 Å². The van der Waals surface area contributed by atoms with E-state index in [9.17, 15) is 9.90 Å². The lowest BCUT2D eigenvalue weighted by atomic mass is 10.2. The molecule has 0 unspecified atom stereocenters. The number of carboxylic acids is 1. The molecule has 0 fully saturated rings. The summed E-state index contributed by atoms with van der Waals surface area (Å²) >= 11 is 1.30. The first-order valence-electron chi connectivity index (χ1n) is 4.08. The van der Waals surface area contributed by atoms with Crippen LogP contribution in [0.1, 0.15) is 11.0 Å². The van der Waals surface area contributed by atoms with Gasteiger partial charge in [-0.05, 0) is 17.5 Å². The van der Waals surface area contributed by atoms with E-state index >= 15 is 0 Å². The zero-order valence-electron chi connectivity index (χ0n) is 7.18. The molecular weight excluding hydrogens is 200 g/mol. The van der Waals surface area contributed by atoms with E-state index in [0.29, 0.717) is 4.88 Å². The Morgan fingerprint density at radius 2 is 2.07 bits per heavy atom. The smallest absolute Gasteiger partial charge is 0.338 e. The van der Waals surface area contributed by atoms with Crippen LogP contribution < -0.4 is 0 Å². The lowest BCUT2D eigenvalue weighted by Gasteiger charge is -1.99. The van der Waals surface area contributed by atoms with Gasteiger partial charge in [-0.25, -0.2) is 4.79 Å². The van der Waals surface area contributed by atoms with Gasteiger partial charge in [0.05, 0.1) is 0 Å². The first-order chi connectivity index (χ1) is 6.68. The van der Waals surface area contributed by atoms with Crippen LogP contribution in [0.2, 0.25) is 0 Å². The predicted octanol–water partition coefficient (Wildman–Crippen LogP) is 2.02. The lowest BCUT2D eigenvalue weighted by Crippen LogP contribution is -2.08. The maximum atomic E-state index is 10.5. The third kappa shape index (κ3) is 1.49. The number of thiophene rings is 1. The molecule has 0 aliphatic heterocycles. The SMILES string of the molecule is O=C(O)[C@H](O)c1cc2ccccc2s1. The molecule has 2 rings (SSSR count). The molecule has 1 heterocycles. The molecule has 72 valence electrons. The summed E-state index contributed by atoms with van der Waals surface area (Å²) in [5.74, 6) is -1.21. The fraction of sp³-hybridized carbons (Fsp3) is 0.100. The van der Waals surface area contributed by atoms with Crippen LogP contribution in [0.5, 0.6) is 0 Å². The van der Waals surface area contributed by atoms with Crippen LogP contribution in [0.3, 0.4) is 0 Å². The second-order valence-corrected chi connectivity index (χ2v) is 4.04. The zero-order valence-corrected chi connectivity index (χ0v) is 7.99. The molecule has 2 aromatic rings. The minimum atomic E-state index is -1.41. The summed E-state index contributed by atoms with van der Waals surface area (Å²) in [6.07, 6.45) is -1.41. The van der Waals surface area contributed by atoms with E-state index in [2.05, 4.69) is 0 Å². The summed E-state index contributed by atoms with van der Waals surface area (Å²) < 4.78 is 0.989. The van der Waals surface area contributed by atoms with E-state index < -0.39 is 12.1 Å². The lowest BCUT2D eigenvalue weighted by molar-refractivity contribution is -0.146. The highest BCUT2D eigenvalue weighted by Crippen LogP contribution is 2.29. The molecule has 2 N–H and O–H groups in total. The van der Waals surface area contributed by atoms with Crippen LogP contribution in [0.15, 0.2) is 30.3 Å². The van der Waals surface area contributed by atoms with Crippen molar-refractivity contribution >= 4 is 27.4 Å². The Morgan fingerprint density at radius 1 is 1.36 bits per heavy atom. The molecule has 0 saturated carbocycles. The number of aliphatic hydroxyl groups is 1. The number of carboxylic acid groups (broad SMARTS) is 1. The highest BCUT2D eigenvalue weighted by atomic mass is 32.1. The molecule has 1 aromatic carbocycles. The van der Waals surface area contributed by atoms with Crippen LogP contribution in [-0.2, 0) is 4.79 Å². The molecule has 3 nitrogen and oxygen atoms in total. The van der Waals surface area contributed by atoms with Gasteiger partial charge < -0.3 is 10.2 Å². The standard InChI is InChI=1S/C10H8O3S/c11-9(10(12)13)8-5-6-3-1-2-4-7(6)14-8/h1-5,9,11H,(H,12,13)/t9-/m1/s1. The van der Waals surface area contributed by atoms with Crippen molar-refractivity contribution in [3.8, 4) is 0 Å². The second kappa shape index (κ2) is 3.40. The number of carbonyl (C=O) groups is 1. The monoisotopic (exact) mass is 208 g/mol. The van der Waals surface area contributed by atoms with Crippen LogP contribution in [0.25, 0.3) is 10.1 Å². The molecule has 0 saturated heterocycles. The number of aliphatic hydroxyl groups excluding tert-OH is 1. The van der Waals surface area contributed by atoms with Gasteiger partial charge in [0.25, 0.3) is 0 Å². The first-order valence-corrected chi connectivity index (χ1v) is 4.89. The Kier molecular flexibility index (Phi) is 2.23. The van der Waals surface area contributed by atoms with Crippen molar-refractivity contribution in [1.82, 2.24) is 0 Å². The molecule has 0 aliphatic rings. The van der Waals surface area contributed by atoms with Gasteiger partial charge in [0, 0.05) is 9.58 Å². The van der Waals surface area contributed by atoms with Crippen molar-refractivity contribution in [2.75, 3.05) is 0 Å². The average molecular weight is 208 g/mol. The van der Waals surface area contributed by atoms with Crippen LogP contribution >= 0.6 is 11.3 Å². The van der Waals surface area contributed by atoms with Gasteiger partial charge in [-0.15, -0.1) is 11.3 Å². The van der Waals surface area contributed by atoms with Gasteiger partial charge in [0.2, 0.25) is 0 Å². The summed E-state index contributed by atoms with van der Waals surface area (Å²) in [7, 11) is 0. The number of fused-ring (bicyclic) bond motifs is 1. The predicted molar refractivity (Wildman–Crippen MR) is 54.4 cm³/mol. The molecule has 0 radical (unpaired) electrons. The van der Waals surface area contributed by atoms with Crippen molar-refractivity contribution < 1.29 is 15.0 Å². The topological polar surface area (TPSA) is 57.5 Å². The Hall–Kier alpha value is -1.39. The summed E-state index contributed by atoms with van der Waals surface area (Å²) in [6.45, 7) is 0. The molecule has 0 bridgehead atoms. The Labute approximate surface area is 84.2 Å². The van der Waals surface area contributed by atoms with E-state index in [1.54, 1.807) is 6.07 Å². The zero-order chi connectivity index (χ0) is 10.1. The van der Waals surface area contributed by atoms with Crippen LogP contribution in [-0.4, -0.2) is 16.2 Å². The van der Waals surface area contributed by atoms with Gasteiger partial charge >= 0.3 is 5.97 Å². The van der Waals surface area contributed by atoms with Gasteiger partial charge in [-0.2, -0.15) is 0 Å². The average Bonchev–Trinajstić information content (AvgIpc) is 2.59. The highest BCUT2D eigenvalue weighted by Gasteiger charge is 2.18. The Balaban J connectivity index is 2.50. The van der Waals surface area contributed by atoms with E-state index in [0.717, 1.165) is 10.1 Å². The Morgan fingerprint density at radius 3 is 2.71 bits per heavy atom. The van der Waals surface area contributed by atoms with Crippen molar-refractivity contribution in [1.29, 1.82) is 0 Å². The van der Waals surface area contributed by atoms with Crippen molar-refractivity contribution in [2.45, 2.75) is 6.10 Å². The molecule has 0 spiro atoms. The quantitative estimate of drug-likeness (QED) is 0.793. The number of hydrogen-bond donors (Lipinski definition) is 2.